The average Bonchev–Trinajstić information content (AvgIpc) is 3.11. The molecule has 0 aliphatic heterocycles. The van der Waals surface area contributed by atoms with Crippen molar-refractivity contribution in [1.29, 1.82) is 0 Å². The van der Waals surface area contributed by atoms with Crippen molar-refractivity contribution < 1.29 is 14.7 Å². The van der Waals surface area contributed by atoms with E-state index in [0.29, 0.717) is 26.1 Å². The van der Waals surface area contributed by atoms with E-state index < -0.39 is 0 Å². The summed E-state index contributed by atoms with van der Waals surface area (Å²) in [4.78, 5) is 13.6. The lowest BCUT2D eigenvalue weighted by Gasteiger charge is -2.22. The fourth-order valence-electron chi connectivity index (χ4n) is 1.42. The molecule has 16 heavy (non-hydrogen) atoms. The summed E-state index contributed by atoms with van der Waals surface area (Å²) in [6, 6.07) is 0. The number of hydrogen-bond donors (Lipinski definition) is 2. The van der Waals surface area contributed by atoms with Gasteiger partial charge in [-0.05, 0) is 12.8 Å². The summed E-state index contributed by atoms with van der Waals surface area (Å²) in [5.74, 6) is 0.484. The Balaban J connectivity index is 2.39. The molecule has 0 atom stereocenters. The van der Waals surface area contributed by atoms with Crippen LogP contribution in [0.4, 0.5) is 0 Å². The highest BCUT2D eigenvalue weighted by Gasteiger charge is 2.33. The highest BCUT2D eigenvalue weighted by Crippen LogP contribution is 2.30. The molecule has 0 aromatic heterocycles. The van der Waals surface area contributed by atoms with Gasteiger partial charge in [0.2, 0.25) is 5.91 Å². The number of methoxy groups -OCH3 is 1. The first kappa shape index (κ1) is 12.8. The summed E-state index contributed by atoms with van der Waals surface area (Å²) in [6.45, 7) is 1.55. The number of nitrogens with two attached hydrogens (primary N) is 1. The molecule has 1 aliphatic carbocycles. The quantitative estimate of drug-likeness (QED) is 0.278. The molecule has 6 nitrogen and oxygen atoms in total. The first-order valence-corrected chi connectivity index (χ1v) is 5.43. The van der Waals surface area contributed by atoms with Crippen LogP contribution >= 0.6 is 0 Å². The van der Waals surface area contributed by atoms with Gasteiger partial charge in [-0.3, -0.25) is 4.79 Å². The number of carbonyl (C=O) groups excluding carboxylic acids is 1. The van der Waals surface area contributed by atoms with Gasteiger partial charge in [-0.25, -0.2) is 0 Å². The summed E-state index contributed by atoms with van der Waals surface area (Å²) in [5, 5.41) is 11.3. The van der Waals surface area contributed by atoms with E-state index in [1.54, 1.807) is 12.0 Å². The maximum atomic E-state index is 11.8. The molecule has 1 saturated carbocycles. The second kappa shape index (κ2) is 6.32. The molecular formula is C10H19N3O3. The fourth-order valence-corrected chi connectivity index (χ4v) is 1.42. The van der Waals surface area contributed by atoms with Crippen molar-refractivity contribution in [2.75, 3.05) is 26.8 Å². The number of hydrogen-bond acceptors (Lipinski definition) is 4. The number of ether oxygens (including phenoxy) is 1. The van der Waals surface area contributed by atoms with Gasteiger partial charge in [0.05, 0.1) is 6.61 Å². The third-order valence-corrected chi connectivity index (χ3v) is 2.57. The zero-order valence-electron chi connectivity index (χ0n) is 9.56. The number of oxime groups is 1. The maximum absolute atomic E-state index is 11.8. The van der Waals surface area contributed by atoms with Crippen LogP contribution in [0.25, 0.3) is 0 Å². The molecule has 1 amide bonds. The number of carbonyl (C=O) groups is 1. The van der Waals surface area contributed by atoms with E-state index in [-0.39, 0.29) is 17.7 Å². The van der Waals surface area contributed by atoms with Crippen molar-refractivity contribution in [3.05, 3.63) is 0 Å². The van der Waals surface area contributed by atoms with E-state index in [9.17, 15) is 4.79 Å². The predicted molar refractivity (Wildman–Crippen MR) is 59.2 cm³/mol. The normalized spacial score (nSPS) is 16.2. The maximum Gasteiger partial charge on any atom is 0.225 e. The van der Waals surface area contributed by atoms with Crippen LogP contribution in [0.3, 0.4) is 0 Å². The molecular weight excluding hydrogens is 210 g/mol. The highest BCUT2D eigenvalue weighted by atomic mass is 16.5. The highest BCUT2D eigenvalue weighted by molar-refractivity contribution is 5.83. The predicted octanol–water partition coefficient (Wildman–Crippen LogP) is 0.00790. The van der Waals surface area contributed by atoms with E-state index in [2.05, 4.69) is 5.16 Å². The lowest BCUT2D eigenvalue weighted by Crippen LogP contribution is -2.37. The molecule has 6 heteroatoms. The molecule has 1 fully saturated rings. The second-order valence-electron chi connectivity index (χ2n) is 3.93. The van der Waals surface area contributed by atoms with Gasteiger partial charge < -0.3 is 20.6 Å². The van der Waals surface area contributed by atoms with E-state index in [1.807, 2.05) is 0 Å². The van der Waals surface area contributed by atoms with E-state index in [0.717, 1.165) is 12.8 Å². The molecule has 0 radical (unpaired) electrons. The van der Waals surface area contributed by atoms with Gasteiger partial charge in [0.15, 0.2) is 0 Å². The largest absolute Gasteiger partial charge is 0.409 e. The van der Waals surface area contributed by atoms with Crippen LogP contribution in [-0.2, 0) is 9.53 Å². The lowest BCUT2D eigenvalue weighted by molar-refractivity contribution is -0.133. The zero-order chi connectivity index (χ0) is 12.0. The molecule has 0 bridgehead atoms. The Kier molecular flexibility index (Phi) is 5.04. The molecule has 0 unspecified atom stereocenters. The molecule has 0 aromatic rings. The van der Waals surface area contributed by atoms with Gasteiger partial charge in [-0.15, -0.1) is 0 Å². The van der Waals surface area contributed by atoms with Gasteiger partial charge >= 0.3 is 0 Å². The van der Waals surface area contributed by atoms with Crippen LogP contribution in [0.5, 0.6) is 0 Å². The van der Waals surface area contributed by atoms with Crippen molar-refractivity contribution in [2.45, 2.75) is 19.3 Å². The van der Waals surface area contributed by atoms with Crippen LogP contribution < -0.4 is 5.73 Å². The summed E-state index contributed by atoms with van der Waals surface area (Å²) in [6.07, 6.45) is 2.34. The van der Waals surface area contributed by atoms with Crippen LogP contribution in [-0.4, -0.2) is 48.7 Å². The molecule has 0 heterocycles. The summed E-state index contributed by atoms with van der Waals surface area (Å²) < 4.78 is 4.95. The molecule has 92 valence electrons. The van der Waals surface area contributed by atoms with E-state index in [1.165, 1.54) is 0 Å². The molecule has 1 aliphatic rings. The Morgan fingerprint density at radius 3 is 2.75 bits per heavy atom. The lowest BCUT2D eigenvalue weighted by atomic mass is 10.3. The molecule has 0 aromatic carbocycles. The number of nitrogens with zero attached hydrogens (tertiary/aromatic N) is 2. The monoisotopic (exact) mass is 229 g/mol. The van der Waals surface area contributed by atoms with Gasteiger partial charge in [0.1, 0.15) is 5.84 Å². The SMILES string of the molecule is COCCN(CCC(N)=NO)C(=O)C1CC1. The van der Waals surface area contributed by atoms with Crippen molar-refractivity contribution >= 4 is 11.7 Å². The van der Waals surface area contributed by atoms with Gasteiger partial charge in [-0.1, -0.05) is 5.16 Å². The van der Waals surface area contributed by atoms with Gasteiger partial charge in [0, 0.05) is 32.5 Å². The standard InChI is InChI=1S/C10H19N3O3/c1-16-7-6-13(5-4-9(11)12-15)10(14)8-2-3-8/h8,15H,2-7H2,1H3,(H2,11,12). The van der Waals surface area contributed by atoms with Gasteiger partial charge in [0.25, 0.3) is 0 Å². The Bertz CT molecular complexity index is 264. The first-order valence-electron chi connectivity index (χ1n) is 5.43. The van der Waals surface area contributed by atoms with Crippen LogP contribution in [0, 0.1) is 5.92 Å². The Morgan fingerprint density at radius 1 is 1.56 bits per heavy atom. The van der Waals surface area contributed by atoms with Crippen molar-refractivity contribution in [1.82, 2.24) is 4.90 Å². The number of amides is 1. The topological polar surface area (TPSA) is 88.2 Å². The van der Waals surface area contributed by atoms with Crippen LogP contribution in [0.2, 0.25) is 0 Å². The minimum atomic E-state index is 0.144. The number of amidine groups is 1. The first-order chi connectivity index (χ1) is 7.69. The minimum absolute atomic E-state index is 0.144. The average molecular weight is 229 g/mol. The molecule has 1 rings (SSSR count). The van der Waals surface area contributed by atoms with Crippen molar-refractivity contribution in [3.8, 4) is 0 Å². The summed E-state index contributed by atoms with van der Waals surface area (Å²) >= 11 is 0. The van der Waals surface area contributed by atoms with E-state index >= 15 is 0 Å². The Hall–Kier alpha value is -1.30. The smallest absolute Gasteiger partial charge is 0.225 e. The molecule has 0 spiro atoms. The van der Waals surface area contributed by atoms with Crippen molar-refractivity contribution in [2.24, 2.45) is 16.8 Å². The Labute approximate surface area is 95.0 Å². The third kappa shape index (κ3) is 4.06. The minimum Gasteiger partial charge on any atom is -0.409 e. The molecule has 3 N–H and O–H groups in total. The van der Waals surface area contributed by atoms with Crippen molar-refractivity contribution in [3.63, 3.8) is 0 Å². The Morgan fingerprint density at radius 2 is 2.25 bits per heavy atom. The summed E-state index contributed by atoms with van der Waals surface area (Å²) in [7, 11) is 1.60. The van der Waals surface area contributed by atoms with Gasteiger partial charge in [-0.2, -0.15) is 0 Å². The summed E-state index contributed by atoms with van der Waals surface area (Å²) in [5.41, 5.74) is 5.37. The second-order valence-corrected chi connectivity index (χ2v) is 3.93. The van der Waals surface area contributed by atoms with E-state index in [4.69, 9.17) is 15.7 Å². The fraction of sp³-hybridized carbons (Fsp3) is 0.800. The zero-order valence-corrected chi connectivity index (χ0v) is 9.56. The van der Waals surface area contributed by atoms with Crippen LogP contribution in [0.1, 0.15) is 19.3 Å². The number of rotatable bonds is 7. The van der Waals surface area contributed by atoms with Crippen LogP contribution in [0.15, 0.2) is 5.16 Å². The molecule has 0 saturated heterocycles. The third-order valence-electron chi connectivity index (χ3n) is 2.57.